The van der Waals surface area contributed by atoms with Crippen LogP contribution in [-0.2, 0) is 14.3 Å². The number of rotatable bonds is 11. The Kier molecular flexibility index (Phi) is 10.6. The van der Waals surface area contributed by atoms with Gasteiger partial charge in [0.1, 0.15) is 18.5 Å². The molecule has 0 heterocycles. The van der Waals surface area contributed by atoms with Crippen molar-refractivity contribution in [1.82, 2.24) is 5.32 Å². The second kappa shape index (κ2) is 13.4. The third kappa shape index (κ3) is 8.24. The van der Waals surface area contributed by atoms with Crippen LogP contribution in [0.25, 0.3) is 0 Å². The van der Waals surface area contributed by atoms with Gasteiger partial charge < -0.3 is 19.3 Å². The molecule has 2 N–H and O–H groups in total. The Balaban J connectivity index is 2.13. The van der Waals surface area contributed by atoms with Crippen molar-refractivity contribution in [3.8, 4) is 5.75 Å². The first-order chi connectivity index (χ1) is 15.4. The number of esters is 1. The summed E-state index contributed by atoms with van der Waals surface area (Å²) in [5.41, 5.74) is 0.961. The maximum Gasteiger partial charge on any atom is 0.414 e. The average Bonchev–Trinajstić information content (AvgIpc) is 2.81. The van der Waals surface area contributed by atoms with E-state index >= 15 is 0 Å². The number of aliphatic hydroxyl groups is 1. The first kappa shape index (κ1) is 25.2. The molecule has 0 aliphatic heterocycles. The molecule has 0 saturated heterocycles. The molecule has 9 heteroatoms. The molecule has 0 bridgehead atoms. The van der Waals surface area contributed by atoms with E-state index in [0.717, 1.165) is 0 Å². The van der Waals surface area contributed by atoms with Crippen molar-refractivity contribution in [3.05, 3.63) is 65.7 Å². The summed E-state index contributed by atoms with van der Waals surface area (Å²) in [6.07, 6.45) is -1.23. The van der Waals surface area contributed by atoms with Crippen LogP contribution in [0.1, 0.15) is 35.4 Å². The average molecular weight is 462 g/mol. The standard InChI is InChI=1S/C23H27NO7S/c1-16(10-12-30-20(26)15-32)21(18-8-5-9-19(14-18)29-13-11-25)31-23(28)24-22(27)17-6-3-2-4-7-17/h2-9,14,16,21,25,32H,10-13,15H2,1H3,(H,24,27,28)/t16-,21+/m1/s1. The van der Waals surface area contributed by atoms with Gasteiger partial charge in [0.15, 0.2) is 0 Å². The van der Waals surface area contributed by atoms with Crippen LogP contribution in [0, 0.1) is 5.92 Å². The van der Waals surface area contributed by atoms with Crippen LogP contribution in [0.5, 0.6) is 5.75 Å². The third-order valence-corrected chi connectivity index (χ3v) is 4.77. The molecule has 8 nitrogen and oxygen atoms in total. The van der Waals surface area contributed by atoms with Gasteiger partial charge in [0.2, 0.25) is 0 Å². The van der Waals surface area contributed by atoms with Crippen LogP contribution in [0.3, 0.4) is 0 Å². The zero-order chi connectivity index (χ0) is 23.3. The Morgan fingerprint density at radius 3 is 2.50 bits per heavy atom. The normalized spacial score (nSPS) is 12.3. The third-order valence-electron chi connectivity index (χ3n) is 4.51. The van der Waals surface area contributed by atoms with Gasteiger partial charge in [0.05, 0.1) is 19.0 Å². The van der Waals surface area contributed by atoms with Crippen molar-refractivity contribution in [3.63, 3.8) is 0 Å². The molecule has 0 saturated carbocycles. The lowest BCUT2D eigenvalue weighted by Crippen LogP contribution is -2.33. The zero-order valence-electron chi connectivity index (χ0n) is 17.7. The first-order valence-electron chi connectivity index (χ1n) is 10.1. The lowest BCUT2D eigenvalue weighted by molar-refractivity contribution is -0.141. The Hall–Kier alpha value is -3.04. The van der Waals surface area contributed by atoms with Crippen molar-refractivity contribution >= 4 is 30.6 Å². The summed E-state index contributed by atoms with van der Waals surface area (Å²) in [5.74, 6) is -0.802. The summed E-state index contributed by atoms with van der Waals surface area (Å²) in [6.45, 7) is 1.95. The van der Waals surface area contributed by atoms with Gasteiger partial charge in [-0.05, 0) is 36.2 Å². The van der Waals surface area contributed by atoms with Crippen LogP contribution in [-0.4, -0.2) is 48.6 Å². The highest BCUT2D eigenvalue weighted by Crippen LogP contribution is 2.31. The molecular formula is C23H27NO7S. The second-order valence-electron chi connectivity index (χ2n) is 6.94. The SMILES string of the molecule is C[C@H](CCOC(=O)CS)[C@H](OC(=O)NC(=O)c1ccccc1)c1cccc(OCCO)c1. The van der Waals surface area contributed by atoms with Gasteiger partial charge in [-0.3, -0.25) is 14.9 Å². The van der Waals surface area contributed by atoms with E-state index in [4.69, 9.17) is 19.3 Å². The summed E-state index contributed by atoms with van der Waals surface area (Å²) in [6, 6.07) is 15.2. The predicted octanol–water partition coefficient (Wildman–Crippen LogP) is 3.16. The van der Waals surface area contributed by atoms with Gasteiger partial charge in [0.25, 0.3) is 5.91 Å². The predicted molar refractivity (Wildman–Crippen MR) is 121 cm³/mol. The van der Waals surface area contributed by atoms with Crippen LogP contribution in [0.4, 0.5) is 4.79 Å². The van der Waals surface area contributed by atoms with Crippen LogP contribution >= 0.6 is 12.6 Å². The second-order valence-corrected chi connectivity index (χ2v) is 7.25. The largest absolute Gasteiger partial charge is 0.491 e. The van der Waals surface area contributed by atoms with Crippen molar-refractivity contribution in [2.24, 2.45) is 5.92 Å². The highest BCUT2D eigenvalue weighted by molar-refractivity contribution is 7.81. The van der Waals surface area contributed by atoms with E-state index < -0.39 is 24.1 Å². The minimum Gasteiger partial charge on any atom is -0.491 e. The van der Waals surface area contributed by atoms with Gasteiger partial charge in [0, 0.05) is 11.5 Å². The lowest BCUT2D eigenvalue weighted by Gasteiger charge is -2.25. The molecule has 0 spiro atoms. The van der Waals surface area contributed by atoms with Crippen molar-refractivity contribution < 1.29 is 33.7 Å². The lowest BCUT2D eigenvalue weighted by atomic mass is 9.94. The fourth-order valence-corrected chi connectivity index (χ4v) is 3.00. The van der Waals surface area contributed by atoms with Crippen molar-refractivity contribution in [2.75, 3.05) is 25.6 Å². The van der Waals surface area contributed by atoms with E-state index in [2.05, 4.69) is 17.9 Å². The van der Waals surface area contributed by atoms with E-state index in [9.17, 15) is 14.4 Å². The molecule has 2 aromatic rings. The van der Waals surface area contributed by atoms with Crippen molar-refractivity contribution in [1.29, 1.82) is 0 Å². The van der Waals surface area contributed by atoms with Crippen LogP contribution in [0.15, 0.2) is 54.6 Å². The molecular weight excluding hydrogens is 434 g/mol. The summed E-state index contributed by atoms with van der Waals surface area (Å²) in [5, 5.41) is 11.2. The molecule has 32 heavy (non-hydrogen) atoms. The molecule has 2 atom stereocenters. The number of hydrogen-bond acceptors (Lipinski definition) is 8. The van der Waals surface area contributed by atoms with Crippen LogP contribution < -0.4 is 10.1 Å². The highest BCUT2D eigenvalue weighted by Gasteiger charge is 2.25. The minimum absolute atomic E-state index is 0.0252. The summed E-state index contributed by atoms with van der Waals surface area (Å²) in [4.78, 5) is 36.1. The van der Waals surface area contributed by atoms with Crippen LogP contribution in [0.2, 0.25) is 0 Å². The molecule has 0 unspecified atom stereocenters. The maximum absolute atomic E-state index is 12.5. The molecule has 172 valence electrons. The van der Waals surface area contributed by atoms with Gasteiger partial charge in [-0.1, -0.05) is 37.3 Å². The molecule has 2 amide bonds. The fourth-order valence-electron chi connectivity index (χ4n) is 2.91. The summed E-state index contributed by atoms with van der Waals surface area (Å²) < 4.78 is 16.1. The molecule has 0 aliphatic carbocycles. The summed E-state index contributed by atoms with van der Waals surface area (Å²) >= 11 is 3.87. The molecule has 2 aromatic carbocycles. The monoisotopic (exact) mass is 461 g/mol. The van der Waals surface area contributed by atoms with E-state index in [1.54, 1.807) is 54.6 Å². The minimum atomic E-state index is -0.898. The Morgan fingerprint density at radius 2 is 1.81 bits per heavy atom. The number of amides is 2. The van der Waals surface area contributed by atoms with E-state index in [0.29, 0.717) is 23.3 Å². The zero-order valence-corrected chi connectivity index (χ0v) is 18.6. The van der Waals surface area contributed by atoms with Gasteiger partial charge in [-0.2, -0.15) is 12.6 Å². The number of hydrogen-bond donors (Lipinski definition) is 3. The Labute approximate surface area is 192 Å². The number of carbonyl (C=O) groups is 3. The quantitative estimate of drug-likeness (QED) is 0.348. The Morgan fingerprint density at radius 1 is 1.06 bits per heavy atom. The number of thiol groups is 1. The van der Waals surface area contributed by atoms with E-state index in [1.165, 1.54) is 0 Å². The number of carbonyl (C=O) groups excluding carboxylic acids is 3. The van der Waals surface area contributed by atoms with E-state index in [-0.39, 0.29) is 31.5 Å². The number of alkyl carbamates (subject to hydrolysis) is 1. The van der Waals surface area contributed by atoms with Gasteiger partial charge in [-0.15, -0.1) is 0 Å². The number of imide groups is 1. The van der Waals surface area contributed by atoms with Gasteiger partial charge in [-0.25, -0.2) is 4.79 Å². The number of nitrogens with one attached hydrogen (secondary N) is 1. The van der Waals surface area contributed by atoms with Crippen molar-refractivity contribution in [2.45, 2.75) is 19.4 Å². The molecule has 2 rings (SSSR count). The number of aliphatic hydroxyl groups excluding tert-OH is 1. The topological polar surface area (TPSA) is 111 Å². The number of benzene rings is 2. The smallest absolute Gasteiger partial charge is 0.414 e. The number of ether oxygens (including phenoxy) is 3. The fraction of sp³-hybridized carbons (Fsp3) is 0.348. The summed E-state index contributed by atoms with van der Waals surface area (Å²) in [7, 11) is 0. The highest BCUT2D eigenvalue weighted by atomic mass is 32.1. The van der Waals surface area contributed by atoms with Gasteiger partial charge >= 0.3 is 12.1 Å². The first-order valence-corrected chi connectivity index (χ1v) is 10.7. The van der Waals surface area contributed by atoms with E-state index in [1.807, 2.05) is 6.92 Å². The molecule has 0 aromatic heterocycles. The maximum atomic E-state index is 12.5. The molecule has 0 fully saturated rings. The molecule has 0 aliphatic rings. The molecule has 0 radical (unpaired) electrons. The Bertz CT molecular complexity index is 891.